The van der Waals surface area contributed by atoms with Crippen molar-refractivity contribution < 1.29 is 14.6 Å². The molecule has 0 saturated heterocycles. The zero-order valence-electron chi connectivity index (χ0n) is 15.6. The number of anilines is 1. The lowest BCUT2D eigenvalue weighted by Gasteiger charge is -2.20. The highest BCUT2D eigenvalue weighted by atomic mass is 16.5. The molecule has 0 saturated carbocycles. The van der Waals surface area contributed by atoms with Crippen LogP contribution < -0.4 is 14.8 Å². The Kier molecular flexibility index (Phi) is 6.50. The molecule has 0 aliphatic heterocycles. The van der Waals surface area contributed by atoms with Gasteiger partial charge in [-0.3, -0.25) is 0 Å². The van der Waals surface area contributed by atoms with Crippen molar-refractivity contribution in [3.8, 4) is 17.6 Å². The van der Waals surface area contributed by atoms with Crippen LogP contribution in [0.1, 0.15) is 22.7 Å². The summed E-state index contributed by atoms with van der Waals surface area (Å²) in [5.41, 5.74) is 3.36. The molecular formula is C23H22N2O3. The van der Waals surface area contributed by atoms with Gasteiger partial charge in [-0.15, -0.1) is 0 Å². The quantitative estimate of drug-likeness (QED) is 0.615. The van der Waals surface area contributed by atoms with Crippen molar-refractivity contribution in [3.63, 3.8) is 0 Å². The molecule has 3 aromatic rings. The minimum Gasteiger partial charge on any atom is -0.493 e. The van der Waals surface area contributed by atoms with E-state index in [0.29, 0.717) is 23.7 Å². The van der Waals surface area contributed by atoms with Crippen molar-refractivity contribution in [3.05, 3.63) is 89.5 Å². The first-order chi connectivity index (χ1) is 13.7. The summed E-state index contributed by atoms with van der Waals surface area (Å²) in [6.07, 6.45) is 0. The fourth-order valence-corrected chi connectivity index (χ4v) is 2.83. The van der Waals surface area contributed by atoms with Crippen molar-refractivity contribution in [2.45, 2.75) is 12.6 Å². The number of rotatable bonds is 8. The highest BCUT2D eigenvalue weighted by molar-refractivity contribution is 5.51. The molecule has 0 spiro atoms. The van der Waals surface area contributed by atoms with Gasteiger partial charge in [0.2, 0.25) is 0 Å². The zero-order valence-corrected chi connectivity index (χ0v) is 15.6. The number of methoxy groups -OCH3 is 1. The summed E-state index contributed by atoms with van der Waals surface area (Å²) < 4.78 is 11.4. The van der Waals surface area contributed by atoms with Crippen LogP contribution in [0.15, 0.2) is 72.8 Å². The predicted molar refractivity (Wildman–Crippen MR) is 108 cm³/mol. The Labute approximate surface area is 164 Å². The van der Waals surface area contributed by atoms with E-state index in [1.165, 1.54) is 0 Å². The molecule has 1 atom stereocenters. The lowest BCUT2D eigenvalue weighted by Crippen LogP contribution is -2.15. The van der Waals surface area contributed by atoms with Crippen molar-refractivity contribution in [1.29, 1.82) is 5.26 Å². The van der Waals surface area contributed by atoms with E-state index in [-0.39, 0.29) is 12.6 Å². The third kappa shape index (κ3) is 4.81. The van der Waals surface area contributed by atoms with Gasteiger partial charge < -0.3 is 19.9 Å². The fraction of sp³-hybridized carbons (Fsp3) is 0.174. The summed E-state index contributed by atoms with van der Waals surface area (Å²) in [5.74, 6) is 1.25. The first-order valence-electron chi connectivity index (χ1n) is 8.95. The van der Waals surface area contributed by atoms with Crippen molar-refractivity contribution >= 4 is 5.69 Å². The fourth-order valence-electron chi connectivity index (χ4n) is 2.83. The SMILES string of the molecule is COc1cc(C(CO)Nc2ccc(C#N)cc2)ccc1OCc1ccccc1. The Morgan fingerprint density at radius 1 is 1.00 bits per heavy atom. The van der Waals surface area contributed by atoms with Gasteiger partial charge in [-0.05, 0) is 47.5 Å². The first-order valence-corrected chi connectivity index (χ1v) is 8.95. The van der Waals surface area contributed by atoms with Crippen LogP contribution in [0, 0.1) is 11.3 Å². The normalized spacial score (nSPS) is 11.3. The number of nitriles is 1. The molecule has 0 heterocycles. The zero-order chi connectivity index (χ0) is 19.8. The summed E-state index contributed by atoms with van der Waals surface area (Å²) in [6.45, 7) is 0.358. The van der Waals surface area contributed by atoms with Crippen LogP contribution in [0.5, 0.6) is 11.5 Å². The molecule has 0 radical (unpaired) electrons. The van der Waals surface area contributed by atoms with E-state index in [2.05, 4.69) is 11.4 Å². The number of hydrogen-bond acceptors (Lipinski definition) is 5. The standard InChI is InChI=1S/C23H22N2O3/c1-27-23-13-19(9-12-22(23)28-16-18-5-3-2-4-6-18)21(15-26)25-20-10-7-17(14-24)8-11-20/h2-13,21,25-26H,15-16H2,1H3. The van der Waals surface area contributed by atoms with Gasteiger partial charge in [0.05, 0.1) is 31.4 Å². The van der Waals surface area contributed by atoms with E-state index < -0.39 is 0 Å². The summed E-state index contributed by atoms with van der Waals surface area (Å²) in [7, 11) is 1.59. The minimum absolute atomic E-state index is 0.0899. The van der Waals surface area contributed by atoms with Crippen LogP contribution in [-0.2, 0) is 6.61 Å². The van der Waals surface area contributed by atoms with E-state index in [9.17, 15) is 5.11 Å². The molecule has 0 aliphatic carbocycles. The third-order valence-corrected chi connectivity index (χ3v) is 4.36. The van der Waals surface area contributed by atoms with Crippen LogP contribution in [-0.4, -0.2) is 18.8 Å². The maximum absolute atomic E-state index is 9.84. The maximum Gasteiger partial charge on any atom is 0.161 e. The third-order valence-electron chi connectivity index (χ3n) is 4.36. The van der Waals surface area contributed by atoms with E-state index in [4.69, 9.17) is 14.7 Å². The summed E-state index contributed by atoms with van der Waals surface area (Å²) in [6, 6.07) is 24.4. The highest BCUT2D eigenvalue weighted by Gasteiger charge is 2.14. The molecule has 5 heteroatoms. The monoisotopic (exact) mass is 374 g/mol. The molecule has 5 nitrogen and oxygen atoms in total. The average molecular weight is 374 g/mol. The predicted octanol–water partition coefficient (Wildman–Crippen LogP) is 4.29. The molecule has 28 heavy (non-hydrogen) atoms. The van der Waals surface area contributed by atoms with E-state index >= 15 is 0 Å². The smallest absolute Gasteiger partial charge is 0.161 e. The topological polar surface area (TPSA) is 74.5 Å². The minimum atomic E-state index is -0.315. The van der Waals surface area contributed by atoms with Gasteiger partial charge in [-0.1, -0.05) is 36.4 Å². The number of hydrogen-bond donors (Lipinski definition) is 2. The van der Waals surface area contributed by atoms with Gasteiger partial charge in [0.25, 0.3) is 0 Å². The van der Waals surface area contributed by atoms with Crippen LogP contribution in [0.3, 0.4) is 0 Å². The van der Waals surface area contributed by atoms with E-state index in [1.807, 2.05) is 60.7 Å². The maximum atomic E-state index is 9.84. The molecule has 0 aromatic heterocycles. The molecule has 0 bridgehead atoms. The Morgan fingerprint density at radius 2 is 1.75 bits per heavy atom. The molecule has 3 rings (SSSR count). The van der Waals surface area contributed by atoms with Crippen LogP contribution in [0.2, 0.25) is 0 Å². The summed E-state index contributed by atoms with van der Waals surface area (Å²) >= 11 is 0. The number of nitrogens with zero attached hydrogens (tertiary/aromatic N) is 1. The second-order valence-electron chi connectivity index (χ2n) is 6.25. The van der Waals surface area contributed by atoms with Gasteiger partial charge in [0, 0.05) is 5.69 Å². The number of aliphatic hydroxyl groups is 1. The molecule has 0 aliphatic rings. The Bertz CT molecular complexity index is 934. The summed E-state index contributed by atoms with van der Waals surface area (Å²) in [4.78, 5) is 0. The molecule has 3 aromatic carbocycles. The number of ether oxygens (including phenoxy) is 2. The van der Waals surface area contributed by atoms with Crippen molar-refractivity contribution in [2.75, 3.05) is 19.0 Å². The van der Waals surface area contributed by atoms with Gasteiger partial charge >= 0.3 is 0 Å². The lowest BCUT2D eigenvalue weighted by molar-refractivity contribution is 0.273. The van der Waals surface area contributed by atoms with Crippen LogP contribution in [0.4, 0.5) is 5.69 Å². The molecular weight excluding hydrogens is 352 g/mol. The molecule has 0 fully saturated rings. The number of benzene rings is 3. The van der Waals surface area contributed by atoms with Crippen LogP contribution in [0.25, 0.3) is 0 Å². The highest BCUT2D eigenvalue weighted by Crippen LogP contribution is 2.32. The molecule has 0 amide bonds. The Balaban J connectivity index is 1.73. The van der Waals surface area contributed by atoms with E-state index in [0.717, 1.165) is 16.8 Å². The first kappa shape index (κ1) is 19.3. The van der Waals surface area contributed by atoms with E-state index in [1.54, 1.807) is 19.2 Å². The second kappa shape index (κ2) is 9.45. The molecule has 142 valence electrons. The second-order valence-corrected chi connectivity index (χ2v) is 6.25. The molecule has 1 unspecified atom stereocenters. The van der Waals surface area contributed by atoms with Gasteiger partial charge in [0.1, 0.15) is 6.61 Å². The average Bonchev–Trinajstić information content (AvgIpc) is 2.77. The Morgan fingerprint density at radius 3 is 2.39 bits per heavy atom. The molecule has 2 N–H and O–H groups in total. The van der Waals surface area contributed by atoms with Gasteiger partial charge in [0.15, 0.2) is 11.5 Å². The van der Waals surface area contributed by atoms with Crippen molar-refractivity contribution in [2.24, 2.45) is 0 Å². The van der Waals surface area contributed by atoms with Gasteiger partial charge in [-0.25, -0.2) is 0 Å². The summed E-state index contributed by atoms with van der Waals surface area (Å²) in [5, 5.41) is 22.0. The van der Waals surface area contributed by atoms with Gasteiger partial charge in [-0.2, -0.15) is 5.26 Å². The Hall–Kier alpha value is -3.49. The lowest BCUT2D eigenvalue weighted by atomic mass is 10.1. The number of aliphatic hydroxyl groups excluding tert-OH is 1. The van der Waals surface area contributed by atoms with Crippen molar-refractivity contribution in [1.82, 2.24) is 0 Å². The largest absolute Gasteiger partial charge is 0.493 e. The number of nitrogens with one attached hydrogen (secondary N) is 1. The van der Waals surface area contributed by atoms with Crippen LogP contribution >= 0.6 is 0 Å².